The second-order valence-electron chi connectivity index (χ2n) is 7.61. The Morgan fingerprint density at radius 1 is 1.37 bits per heavy atom. The van der Waals surface area contributed by atoms with Crippen LogP contribution in [0.25, 0.3) is 0 Å². The molecule has 0 aliphatic carbocycles. The monoisotopic (exact) mass is 375 g/mol. The van der Waals surface area contributed by atoms with Gasteiger partial charge in [0.05, 0.1) is 13.2 Å². The zero-order chi connectivity index (χ0) is 19.6. The van der Waals surface area contributed by atoms with Crippen LogP contribution in [0.5, 0.6) is 5.75 Å². The minimum atomic E-state index is 0.158. The number of carbonyl (C=O) groups excluding carboxylic acids is 1. The maximum atomic E-state index is 12.6. The zero-order valence-electron chi connectivity index (χ0n) is 17.5. The highest BCUT2D eigenvalue weighted by atomic mass is 16.5. The molecule has 3 unspecified atom stereocenters. The Hall–Kier alpha value is -1.59. The average molecular weight is 376 g/mol. The van der Waals surface area contributed by atoms with Crippen LogP contribution < -0.4 is 15.4 Å². The first-order chi connectivity index (χ1) is 13.1. The summed E-state index contributed by atoms with van der Waals surface area (Å²) in [6.45, 7) is 11.2. The number of hydrogen-bond donors (Lipinski definition) is 2. The highest BCUT2D eigenvalue weighted by Crippen LogP contribution is 2.25. The van der Waals surface area contributed by atoms with E-state index in [0.29, 0.717) is 24.8 Å². The lowest BCUT2D eigenvalue weighted by molar-refractivity contribution is -0.122. The van der Waals surface area contributed by atoms with Gasteiger partial charge in [0.1, 0.15) is 5.75 Å². The molecule has 3 atom stereocenters. The molecule has 2 rings (SSSR count). The summed E-state index contributed by atoms with van der Waals surface area (Å²) in [5.41, 5.74) is 1.18. The average Bonchev–Trinajstić information content (AvgIpc) is 2.71. The van der Waals surface area contributed by atoms with Crippen LogP contribution in [-0.2, 0) is 4.79 Å². The standard InChI is InChI=1S/C22H37N3O2/c1-5-25(6-2)21(18-9-7-11-20(14-18)27-4)16-24-22(26)13-17(3)19-10-8-12-23-15-19/h7,9,11,14,17,19,21,23H,5-6,8,10,12-13,15-16H2,1-4H3,(H,24,26). The molecule has 0 radical (unpaired) electrons. The highest BCUT2D eigenvalue weighted by molar-refractivity contribution is 5.76. The van der Waals surface area contributed by atoms with Crippen molar-refractivity contribution in [3.8, 4) is 5.75 Å². The van der Waals surface area contributed by atoms with Crippen LogP contribution in [0.2, 0.25) is 0 Å². The van der Waals surface area contributed by atoms with Crippen molar-refractivity contribution in [2.24, 2.45) is 11.8 Å². The number of piperidine rings is 1. The van der Waals surface area contributed by atoms with E-state index in [1.165, 1.54) is 18.4 Å². The summed E-state index contributed by atoms with van der Waals surface area (Å²) < 4.78 is 5.39. The first kappa shape index (κ1) is 21.7. The van der Waals surface area contributed by atoms with Gasteiger partial charge in [-0.1, -0.05) is 32.9 Å². The van der Waals surface area contributed by atoms with E-state index in [2.05, 4.69) is 48.4 Å². The molecule has 1 aliphatic rings. The van der Waals surface area contributed by atoms with E-state index in [0.717, 1.165) is 31.9 Å². The van der Waals surface area contributed by atoms with Crippen molar-refractivity contribution in [3.63, 3.8) is 0 Å². The minimum Gasteiger partial charge on any atom is -0.497 e. The quantitative estimate of drug-likeness (QED) is 0.659. The number of nitrogens with one attached hydrogen (secondary N) is 2. The number of hydrogen-bond acceptors (Lipinski definition) is 4. The fourth-order valence-corrected chi connectivity index (χ4v) is 4.08. The molecule has 1 aliphatic heterocycles. The lowest BCUT2D eigenvalue weighted by atomic mass is 9.85. The maximum Gasteiger partial charge on any atom is 0.220 e. The highest BCUT2D eigenvalue weighted by Gasteiger charge is 2.23. The van der Waals surface area contributed by atoms with Gasteiger partial charge in [-0.05, 0) is 68.6 Å². The third kappa shape index (κ3) is 6.51. The maximum absolute atomic E-state index is 12.6. The first-order valence-electron chi connectivity index (χ1n) is 10.4. The lowest BCUT2D eigenvalue weighted by Gasteiger charge is -2.31. The molecule has 2 N–H and O–H groups in total. The zero-order valence-corrected chi connectivity index (χ0v) is 17.5. The molecule has 5 nitrogen and oxygen atoms in total. The van der Waals surface area contributed by atoms with E-state index in [4.69, 9.17) is 4.74 Å². The number of methoxy groups -OCH3 is 1. The summed E-state index contributed by atoms with van der Waals surface area (Å²) in [4.78, 5) is 15.0. The van der Waals surface area contributed by atoms with Crippen molar-refractivity contribution in [1.82, 2.24) is 15.5 Å². The largest absolute Gasteiger partial charge is 0.497 e. The van der Waals surface area contributed by atoms with Crippen molar-refractivity contribution >= 4 is 5.91 Å². The van der Waals surface area contributed by atoms with Crippen LogP contribution in [-0.4, -0.2) is 50.6 Å². The Bertz CT molecular complexity index is 568. The van der Waals surface area contributed by atoms with Gasteiger partial charge in [-0.15, -0.1) is 0 Å². The fraction of sp³-hybridized carbons (Fsp3) is 0.682. The smallest absolute Gasteiger partial charge is 0.220 e. The Morgan fingerprint density at radius 2 is 2.15 bits per heavy atom. The minimum absolute atomic E-state index is 0.158. The predicted octanol–water partition coefficient (Wildman–Crippen LogP) is 3.22. The number of amides is 1. The molecule has 1 fully saturated rings. The topological polar surface area (TPSA) is 53.6 Å². The van der Waals surface area contributed by atoms with Gasteiger partial charge in [-0.25, -0.2) is 0 Å². The summed E-state index contributed by atoms with van der Waals surface area (Å²) in [5, 5.41) is 6.65. The molecular weight excluding hydrogens is 338 g/mol. The van der Waals surface area contributed by atoms with E-state index < -0.39 is 0 Å². The number of carbonyl (C=O) groups is 1. The number of ether oxygens (including phenoxy) is 1. The van der Waals surface area contributed by atoms with Gasteiger partial charge in [0.2, 0.25) is 5.91 Å². The molecule has 152 valence electrons. The first-order valence-corrected chi connectivity index (χ1v) is 10.4. The van der Waals surface area contributed by atoms with E-state index >= 15 is 0 Å². The molecule has 1 amide bonds. The number of nitrogens with zero attached hydrogens (tertiary/aromatic N) is 1. The van der Waals surface area contributed by atoms with Crippen LogP contribution in [0.4, 0.5) is 0 Å². The van der Waals surface area contributed by atoms with Crippen LogP contribution in [0.3, 0.4) is 0 Å². The normalized spacial score (nSPS) is 19.5. The molecular formula is C22H37N3O2. The molecule has 1 aromatic rings. The second kappa shape index (κ2) is 11.3. The van der Waals surface area contributed by atoms with E-state index in [1.807, 2.05) is 12.1 Å². The van der Waals surface area contributed by atoms with Crippen molar-refractivity contribution in [3.05, 3.63) is 29.8 Å². The third-order valence-corrected chi connectivity index (χ3v) is 5.87. The number of likely N-dealkylation sites (N-methyl/N-ethyl adjacent to an activating group) is 1. The molecule has 5 heteroatoms. The summed E-state index contributed by atoms with van der Waals surface area (Å²) >= 11 is 0. The Balaban J connectivity index is 1.96. The van der Waals surface area contributed by atoms with Crippen molar-refractivity contribution in [2.75, 3.05) is 39.8 Å². The summed E-state index contributed by atoms with van der Waals surface area (Å²) in [7, 11) is 1.69. The molecule has 0 saturated carbocycles. The molecule has 0 aromatic heterocycles. The summed E-state index contributed by atoms with van der Waals surface area (Å²) in [5.74, 6) is 2.05. The molecule has 1 heterocycles. The number of benzene rings is 1. The van der Waals surface area contributed by atoms with Crippen molar-refractivity contribution < 1.29 is 9.53 Å². The Kier molecular flexibility index (Phi) is 9.08. The summed E-state index contributed by atoms with van der Waals surface area (Å²) in [6, 6.07) is 8.33. The molecule has 1 aromatic carbocycles. The summed E-state index contributed by atoms with van der Waals surface area (Å²) in [6.07, 6.45) is 3.05. The molecule has 0 bridgehead atoms. The van der Waals surface area contributed by atoms with Crippen molar-refractivity contribution in [2.45, 2.75) is 46.1 Å². The molecule has 1 saturated heterocycles. The van der Waals surface area contributed by atoms with Gasteiger partial charge in [0.25, 0.3) is 0 Å². The van der Waals surface area contributed by atoms with Crippen LogP contribution in [0.1, 0.15) is 51.6 Å². The third-order valence-electron chi connectivity index (χ3n) is 5.87. The van der Waals surface area contributed by atoms with Gasteiger partial charge in [-0.3, -0.25) is 9.69 Å². The van der Waals surface area contributed by atoms with E-state index in [1.54, 1.807) is 7.11 Å². The van der Waals surface area contributed by atoms with Gasteiger partial charge in [0, 0.05) is 13.0 Å². The lowest BCUT2D eigenvalue weighted by Crippen LogP contribution is -2.39. The molecule has 27 heavy (non-hydrogen) atoms. The van der Waals surface area contributed by atoms with Gasteiger partial charge < -0.3 is 15.4 Å². The van der Waals surface area contributed by atoms with Crippen molar-refractivity contribution in [1.29, 1.82) is 0 Å². The van der Waals surface area contributed by atoms with Gasteiger partial charge in [0.15, 0.2) is 0 Å². The Labute approximate surface area is 164 Å². The predicted molar refractivity (Wildman–Crippen MR) is 111 cm³/mol. The van der Waals surface area contributed by atoms with E-state index in [-0.39, 0.29) is 11.9 Å². The van der Waals surface area contributed by atoms with E-state index in [9.17, 15) is 4.79 Å². The van der Waals surface area contributed by atoms with Crippen LogP contribution >= 0.6 is 0 Å². The van der Waals surface area contributed by atoms with Gasteiger partial charge in [-0.2, -0.15) is 0 Å². The molecule has 0 spiro atoms. The van der Waals surface area contributed by atoms with Crippen LogP contribution in [0.15, 0.2) is 24.3 Å². The SMILES string of the molecule is CCN(CC)C(CNC(=O)CC(C)C1CCCNC1)c1cccc(OC)c1. The van der Waals surface area contributed by atoms with Gasteiger partial charge >= 0.3 is 0 Å². The number of rotatable bonds is 10. The fourth-order valence-electron chi connectivity index (χ4n) is 4.08. The van der Waals surface area contributed by atoms with Crippen LogP contribution in [0, 0.1) is 11.8 Å². The second-order valence-corrected chi connectivity index (χ2v) is 7.61. The Morgan fingerprint density at radius 3 is 2.78 bits per heavy atom.